The van der Waals surface area contributed by atoms with Crippen molar-refractivity contribution in [3.05, 3.63) is 53.3 Å². The number of nitrogens with zero attached hydrogens (tertiary/aromatic N) is 2. The van der Waals surface area contributed by atoms with Crippen LogP contribution in [-0.2, 0) is 23.0 Å². The summed E-state index contributed by atoms with van der Waals surface area (Å²) in [6, 6.07) is 8.92. The molecule has 25 heavy (non-hydrogen) atoms. The predicted molar refractivity (Wildman–Crippen MR) is 89.6 cm³/mol. The summed E-state index contributed by atoms with van der Waals surface area (Å²) in [5, 5.41) is 0.336. The van der Waals surface area contributed by atoms with Gasteiger partial charge in [0.25, 0.3) is 0 Å². The molecule has 1 atom stereocenters. The Labute approximate surface area is 145 Å². The SMILES string of the molecule is Cc1c(CCC(F)(F)F)ccnc1C[S@](=O)c1nc2ccccc2[nH]1. The number of aryl methyl sites for hydroxylation is 1. The monoisotopic (exact) mass is 367 g/mol. The van der Waals surface area contributed by atoms with E-state index in [0.717, 1.165) is 11.0 Å². The zero-order valence-electron chi connectivity index (χ0n) is 13.4. The van der Waals surface area contributed by atoms with E-state index in [2.05, 4.69) is 15.0 Å². The van der Waals surface area contributed by atoms with Gasteiger partial charge in [-0.3, -0.25) is 9.19 Å². The normalized spacial score (nSPS) is 13.3. The maximum absolute atomic E-state index is 12.6. The first-order chi connectivity index (χ1) is 11.8. The number of benzene rings is 1. The van der Waals surface area contributed by atoms with Crippen LogP contribution >= 0.6 is 0 Å². The average Bonchev–Trinajstić information content (AvgIpc) is 2.99. The summed E-state index contributed by atoms with van der Waals surface area (Å²) < 4.78 is 49.9. The highest BCUT2D eigenvalue weighted by molar-refractivity contribution is 7.84. The van der Waals surface area contributed by atoms with Crippen molar-refractivity contribution in [2.24, 2.45) is 0 Å². The Kier molecular flexibility index (Phi) is 4.89. The Hall–Kier alpha value is -2.22. The minimum atomic E-state index is -4.20. The first kappa shape index (κ1) is 17.6. The lowest BCUT2D eigenvalue weighted by Crippen LogP contribution is -2.10. The fourth-order valence-corrected chi connectivity index (χ4v) is 3.65. The molecule has 1 aromatic carbocycles. The molecule has 8 heteroatoms. The fourth-order valence-electron chi connectivity index (χ4n) is 2.55. The number of nitrogens with one attached hydrogen (secondary N) is 1. The highest BCUT2D eigenvalue weighted by Crippen LogP contribution is 2.24. The lowest BCUT2D eigenvalue weighted by Gasteiger charge is -2.11. The van der Waals surface area contributed by atoms with Crippen molar-refractivity contribution in [2.75, 3.05) is 0 Å². The van der Waals surface area contributed by atoms with Gasteiger partial charge in [0, 0.05) is 12.6 Å². The van der Waals surface area contributed by atoms with Gasteiger partial charge in [0.1, 0.15) is 0 Å². The number of aromatic amines is 1. The van der Waals surface area contributed by atoms with Gasteiger partial charge in [0.2, 0.25) is 0 Å². The molecule has 0 aliphatic rings. The third kappa shape index (κ3) is 4.25. The molecule has 0 aliphatic heterocycles. The van der Waals surface area contributed by atoms with Gasteiger partial charge < -0.3 is 4.98 Å². The van der Waals surface area contributed by atoms with Crippen LogP contribution in [0.3, 0.4) is 0 Å². The first-order valence-electron chi connectivity index (χ1n) is 7.67. The Morgan fingerprint density at radius 3 is 2.68 bits per heavy atom. The Morgan fingerprint density at radius 1 is 1.20 bits per heavy atom. The standard InChI is InChI=1S/C17H16F3N3OS/c1-11-12(6-8-17(18,19)20)7-9-21-15(11)10-25(24)16-22-13-4-2-3-5-14(13)23-16/h2-5,7,9H,6,8,10H2,1H3,(H,22,23)/t25-/m0/s1. The van der Waals surface area contributed by atoms with Crippen molar-refractivity contribution in [1.82, 2.24) is 15.0 Å². The number of imidazole rings is 1. The van der Waals surface area contributed by atoms with Crippen LogP contribution in [0.25, 0.3) is 11.0 Å². The molecule has 0 unspecified atom stereocenters. The maximum atomic E-state index is 12.6. The van der Waals surface area contributed by atoms with Crippen LogP contribution in [0.1, 0.15) is 23.2 Å². The smallest absolute Gasteiger partial charge is 0.331 e. The zero-order valence-corrected chi connectivity index (χ0v) is 14.2. The topological polar surface area (TPSA) is 58.6 Å². The van der Waals surface area contributed by atoms with E-state index in [4.69, 9.17) is 0 Å². The van der Waals surface area contributed by atoms with Crippen molar-refractivity contribution in [3.8, 4) is 0 Å². The second kappa shape index (κ2) is 6.95. The molecule has 3 rings (SSSR count). The Bertz CT molecular complexity index is 888. The number of para-hydroxylation sites is 2. The molecule has 3 aromatic rings. The van der Waals surface area contributed by atoms with E-state index >= 15 is 0 Å². The number of aromatic nitrogens is 3. The minimum absolute atomic E-state index is 0.103. The molecule has 2 heterocycles. The zero-order chi connectivity index (χ0) is 18.0. The van der Waals surface area contributed by atoms with Gasteiger partial charge in [-0.2, -0.15) is 13.2 Å². The highest BCUT2D eigenvalue weighted by Gasteiger charge is 2.27. The largest absolute Gasteiger partial charge is 0.389 e. The van der Waals surface area contributed by atoms with Crippen LogP contribution < -0.4 is 0 Å². The molecular formula is C17H16F3N3OS. The fraction of sp³-hybridized carbons (Fsp3) is 0.294. The van der Waals surface area contributed by atoms with Crippen LogP contribution in [-0.4, -0.2) is 25.3 Å². The molecule has 0 spiro atoms. The van der Waals surface area contributed by atoms with Crippen molar-refractivity contribution in [3.63, 3.8) is 0 Å². The van der Waals surface area contributed by atoms with E-state index in [0.29, 0.717) is 22.0 Å². The number of alkyl halides is 3. The summed E-state index contributed by atoms with van der Waals surface area (Å²) in [4.78, 5) is 11.5. The summed E-state index contributed by atoms with van der Waals surface area (Å²) in [6.45, 7) is 1.71. The maximum Gasteiger partial charge on any atom is 0.389 e. The first-order valence-corrected chi connectivity index (χ1v) is 8.98. The van der Waals surface area contributed by atoms with E-state index in [-0.39, 0.29) is 12.2 Å². The second-order valence-corrected chi connectivity index (χ2v) is 7.07. The predicted octanol–water partition coefficient (Wildman–Crippen LogP) is 4.07. The second-order valence-electron chi connectivity index (χ2n) is 5.71. The number of hydrogen-bond donors (Lipinski definition) is 1. The van der Waals surface area contributed by atoms with Gasteiger partial charge in [-0.05, 0) is 42.7 Å². The Balaban J connectivity index is 1.79. The molecule has 132 valence electrons. The molecule has 0 fully saturated rings. The van der Waals surface area contributed by atoms with Gasteiger partial charge >= 0.3 is 6.18 Å². The molecule has 4 nitrogen and oxygen atoms in total. The van der Waals surface area contributed by atoms with E-state index < -0.39 is 23.4 Å². The van der Waals surface area contributed by atoms with Crippen molar-refractivity contribution in [1.29, 1.82) is 0 Å². The number of rotatable bonds is 5. The molecule has 0 amide bonds. The summed E-state index contributed by atoms with van der Waals surface area (Å²) in [5.41, 5.74) is 3.25. The van der Waals surface area contributed by atoms with Gasteiger partial charge in [-0.15, -0.1) is 0 Å². The van der Waals surface area contributed by atoms with Crippen molar-refractivity contribution >= 4 is 21.8 Å². The molecule has 2 aromatic heterocycles. The van der Waals surface area contributed by atoms with Crippen molar-refractivity contribution < 1.29 is 17.4 Å². The molecular weight excluding hydrogens is 351 g/mol. The van der Waals surface area contributed by atoms with E-state index in [1.807, 2.05) is 24.3 Å². The molecule has 0 bridgehead atoms. The Morgan fingerprint density at radius 2 is 1.96 bits per heavy atom. The van der Waals surface area contributed by atoms with Gasteiger partial charge in [0.15, 0.2) is 5.16 Å². The van der Waals surface area contributed by atoms with E-state index in [9.17, 15) is 17.4 Å². The van der Waals surface area contributed by atoms with Crippen LogP contribution in [0, 0.1) is 6.92 Å². The highest BCUT2D eigenvalue weighted by atomic mass is 32.2. The third-order valence-electron chi connectivity index (χ3n) is 3.95. The van der Waals surface area contributed by atoms with Gasteiger partial charge in [0.05, 0.1) is 33.3 Å². The number of fused-ring (bicyclic) bond motifs is 1. The summed E-state index contributed by atoms with van der Waals surface area (Å²) in [6.07, 6.45) is -3.73. The van der Waals surface area contributed by atoms with Crippen LogP contribution in [0.15, 0.2) is 41.7 Å². The number of pyridine rings is 1. The van der Waals surface area contributed by atoms with E-state index in [1.165, 1.54) is 6.20 Å². The van der Waals surface area contributed by atoms with Crippen LogP contribution in [0.4, 0.5) is 13.2 Å². The minimum Gasteiger partial charge on any atom is -0.331 e. The molecule has 0 aliphatic carbocycles. The lowest BCUT2D eigenvalue weighted by molar-refractivity contribution is -0.134. The van der Waals surface area contributed by atoms with Crippen molar-refractivity contribution in [2.45, 2.75) is 36.9 Å². The van der Waals surface area contributed by atoms with E-state index in [1.54, 1.807) is 13.0 Å². The summed E-state index contributed by atoms with van der Waals surface area (Å²) in [5.74, 6) is 0.103. The summed E-state index contributed by atoms with van der Waals surface area (Å²) in [7, 11) is -1.46. The number of hydrogen-bond acceptors (Lipinski definition) is 3. The molecule has 0 saturated carbocycles. The average molecular weight is 367 g/mol. The number of halogens is 3. The number of H-pyrrole nitrogens is 1. The lowest BCUT2D eigenvalue weighted by atomic mass is 10.0. The quantitative estimate of drug-likeness (QED) is 0.740. The van der Waals surface area contributed by atoms with Crippen LogP contribution in [0.2, 0.25) is 0 Å². The van der Waals surface area contributed by atoms with Gasteiger partial charge in [-0.25, -0.2) is 4.98 Å². The molecule has 1 N–H and O–H groups in total. The third-order valence-corrected chi connectivity index (χ3v) is 5.11. The molecule has 0 radical (unpaired) electrons. The molecule has 0 saturated heterocycles. The van der Waals surface area contributed by atoms with Gasteiger partial charge in [-0.1, -0.05) is 12.1 Å². The van der Waals surface area contributed by atoms with Crippen LogP contribution in [0.5, 0.6) is 0 Å². The summed E-state index contributed by atoms with van der Waals surface area (Å²) >= 11 is 0.